The van der Waals surface area contributed by atoms with Crippen molar-refractivity contribution in [3.63, 3.8) is 0 Å². The average molecular weight is 236 g/mol. The fourth-order valence-corrected chi connectivity index (χ4v) is 2.40. The van der Waals surface area contributed by atoms with Crippen LogP contribution in [0.15, 0.2) is 6.33 Å². The van der Waals surface area contributed by atoms with Crippen LogP contribution < -0.4 is 15.4 Å². The van der Waals surface area contributed by atoms with Gasteiger partial charge in [0.15, 0.2) is 11.6 Å². The lowest BCUT2D eigenvalue weighted by atomic mass is 10.0. The van der Waals surface area contributed by atoms with Gasteiger partial charge in [-0.25, -0.2) is 9.97 Å². The van der Waals surface area contributed by atoms with E-state index >= 15 is 0 Å². The van der Waals surface area contributed by atoms with Crippen LogP contribution in [-0.2, 0) is 0 Å². The van der Waals surface area contributed by atoms with Gasteiger partial charge in [0.2, 0.25) is 5.75 Å². The molecule has 0 saturated heterocycles. The normalized spacial score (nSPS) is 17.8. The van der Waals surface area contributed by atoms with Crippen LogP contribution >= 0.6 is 0 Å². The summed E-state index contributed by atoms with van der Waals surface area (Å²) in [5.74, 6) is 2.17. The van der Waals surface area contributed by atoms with Crippen LogP contribution in [0, 0.1) is 0 Å². The summed E-state index contributed by atoms with van der Waals surface area (Å²) in [7, 11) is 3.47. The van der Waals surface area contributed by atoms with Crippen LogP contribution in [0.2, 0.25) is 0 Å². The molecule has 0 aromatic carbocycles. The van der Waals surface area contributed by atoms with Gasteiger partial charge in [-0.15, -0.1) is 0 Å². The molecule has 5 heteroatoms. The van der Waals surface area contributed by atoms with Crippen molar-refractivity contribution in [3.05, 3.63) is 6.33 Å². The Morgan fingerprint density at radius 2 is 1.88 bits per heavy atom. The van der Waals surface area contributed by atoms with Gasteiger partial charge in [-0.05, 0) is 19.8 Å². The number of rotatable bonds is 4. The minimum atomic E-state index is 0.132. The van der Waals surface area contributed by atoms with Gasteiger partial charge in [0.05, 0.1) is 7.11 Å². The third kappa shape index (κ3) is 2.43. The number of nitrogens with zero attached hydrogens (tertiary/aromatic N) is 2. The third-order valence-electron chi connectivity index (χ3n) is 3.37. The van der Waals surface area contributed by atoms with Gasteiger partial charge in [-0.2, -0.15) is 0 Å². The van der Waals surface area contributed by atoms with Crippen LogP contribution in [0.25, 0.3) is 0 Å². The molecule has 1 fully saturated rings. The van der Waals surface area contributed by atoms with E-state index in [9.17, 15) is 0 Å². The number of nitrogens with one attached hydrogen (secondary N) is 2. The molecule has 5 nitrogen and oxygen atoms in total. The van der Waals surface area contributed by atoms with Crippen LogP contribution in [0.1, 0.15) is 32.6 Å². The Hall–Kier alpha value is -1.52. The molecule has 0 unspecified atom stereocenters. The lowest BCUT2D eigenvalue weighted by Crippen LogP contribution is -2.31. The maximum atomic E-state index is 5.37. The lowest BCUT2D eigenvalue weighted by Gasteiger charge is -2.27. The first-order valence-electron chi connectivity index (χ1n) is 6.03. The molecule has 2 rings (SSSR count). The van der Waals surface area contributed by atoms with Crippen molar-refractivity contribution in [1.82, 2.24) is 9.97 Å². The zero-order valence-electron chi connectivity index (χ0n) is 10.7. The molecule has 17 heavy (non-hydrogen) atoms. The van der Waals surface area contributed by atoms with Gasteiger partial charge in [0.25, 0.3) is 0 Å². The number of methoxy groups -OCH3 is 1. The number of aromatic nitrogens is 2. The van der Waals surface area contributed by atoms with E-state index in [2.05, 4.69) is 27.5 Å². The summed E-state index contributed by atoms with van der Waals surface area (Å²) < 4.78 is 5.37. The van der Waals surface area contributed by atoms with E-state index in [1.54, 1.807) is 13.4 Å². The van der Waals surface area contributed by atoms with Crippen molar-refractivity contribution in [2.75, 3.05) is 24.8 Å². The summed E-state index contributed by atoms with van der Waals surface area (Å²) in [6.45, 7) is 2.24. The zero-order valence-corrected chi connectivity index (χ0v) is 10.7. The van der Waals surface area contributed by atoms with E-state index in [0.29, 0.717) is 11.6 Å². The molecule has 0 aliphatic heterocycles. The summed E-state index contributed by atoms with van der Waals surface area (Å²) in [5, 5.41) is 6.50. The molecule has 1 aliphatic rings. The molecule has 0 bridgehead atoms. The van der Waals surface area contributed by atoms with Crippen LogP contribution in [0.5, 0.6) is 5.75 Å². The smallest absolute Gasteiger partial charge is 0.204 e. The number of hydrogen-bond acceptors (Lipinski definition) is 5. The van der Waals surface area contributed by atoms with E-state index in [1.165, 1.54) is 25.7 Å². The first-order valence-corrected chi connectivity index (χ1v) is 6.03. The van der Waals surface area contributed by atoms with Crippen molar-refractivity contribution >= 4 is 11.6 Å². The van der Waals surface area contributed by atoms with Crippen molar-refractivity contribution in [1.29, 1.82) is 0 Å². The van der Waals surface area contributed by atoms with E-state index in [-0.39, 0.29) is 5.54 Å². The largest absolute Gasteiger partial charge is 0.490 e. The molecule has 94 valence electrons. The lowest BCUT2D eigenvalue weighted by molar-refractivity contribution is 0.411. The van der Waals surface area contributed by atoms with Crippen molar-refractivity contribution in [2.24, 2.45) is 0 Å². The highest BCUT2D eigenvalue weighted by Gasteiger charge is 2.30. The van der Waals surface area contributed by atoms with Gasteiger partial charge < -0.3 is 15.4 Å². The molecular weight excluding hydrogens is 216 g/mol. The minimum Gasteiger partial charge on any atom is -0.490 e. The van der Waals surface area contributed by atoms with Gasteiger partial charge >= 0.3 is 0 Å². The Kier molecular flexibility index (Phi) is 3.36. The molecule has 0 radical (unpaired) electrons. The summed E-state index contributed by atoms with van der Waals surface area (Å²) in [5.41, 5.74) is 0.132. The number of hydrogen-bond donors (Lipinski definition) is 2. The quantitative estimate of drug-likeness (QED) is 0.839. The first-order chi connectivity index (χ1) is 8.18. The second-order valence-corrected chi connectivity index (χ2v) is 4.75. The summed E-state index contributed by atoms with van der Waals surface area (Å²) in [4.78, 5) is 8.42. The maximum absolute atomic E-state index is 5.37. The molecule has 0 atom stereocenters. The highest BCUT2D eigenvalue weighted by molar-refractivity contribution is 5.64. The zero-order chi connectivity index (χ0) is 12.3. The van der Waals surface area contributed by atoms with Crippen molar-refractivity contribution in [3.8, 4) is 5.75 Å². The Morgan fingerprint density at radius 1 is 1.24 bits per heavy atom. The molecule has 1 heterocycles. The number of ether oxygens (including phenoxy) is 1. The van der Waals surface area contributed by atoms with E-state index in [4.69, 9.17) is 4.74 Å². The molecule has 1 saturated carbocycles. The topological polar surface area (TPSA) is 59.1 Å². The predicted molar refractivity (Wildman–Crippen MR) is 68.6 cm³/mol. The Morgan fingerprint density at radius 3 is 2.47 bits per heavy atom. The van der Waals surface area contributed by atoms with Gasteiger partial charge in [-0.1, -0.05) is 12.8 Å². The minimum absolute atomic E-state index is 0.132. The Labute approximate surface area is 102 Å². The second kappa shape index (κ2) is 4.77. The molecular formula is C12H20N4O. The molecule has 2 N–H and O–H groups in total. The molecule has 1 aromatic heterocycles. The van der Waals surface area contributed by atoms with E-state index < -0.39 is 0 Å². The summed E-state index contributed by atoms with van der Waals surface area (Å²) in [6, 6.07) is 0. The standard InChI is InChI=1S/C12H20N4O/c1-12(6-4-5-7-12)16-11-9(17-3)10(13-2)14-8-15-11/h8H,4-7H2,1-3H3,(H2,13,14,15,16). The van der Waals surface area contributed by atoms with Crippen molar-refractivity contribution in [2.45, 2.75) is 38.1 Å². The van der Waals surface area contributed by atoms with Gasteiger partial charge in [-0.3, -0.25) is 0 Å². The fourth-order valence-electron chi connectivity index (χ4n) is 2.40. The average Bonchev–Trinajstić information content (AvgIpc) is 2.75. The molecule has 1 aliphatic carbocycles. The number of anilines is 2. The fraction of sp³-hybridized carbons (Fsp3) is 0.667. The van der Waals surface area contributed by atoms with Crippen LogP contribution in [0.3, 0.4) is 0 Å². The van der Waals surface area contributed by atoms with E-state index in [1.807, 2.05) is 7.05 Å². The van der Waals surface area contributed by atoms with Crippen molar-refractivity contribution < 1.29 is 4.74 Å². The SMILES string of the molecule is CNc1ncnc(NC2(C)CCCC2)c1OC. The first kappa shape index (κ1) is 12.0. The Bertz CT molecular complexity index is 388. The molecule has 0 spiro atoms. The van der Waals surface area contributed by atoms with Gasteiger partial charge in [0, 0.05) is 12.6 Å². The molecule has 1 aromatic rings. The predicted octanol–water partition coefficient (Wildman–Crippen LogP) is 2.27. The molecule has 0 amide bonds. The highest BCUT2D eigenvalue weighted by atomic mass is 16.5. The van der Waals surface area contributed by atoms with Gasteiger partial charge in [0.1, 0.15) is 6.33 Å². The van der Waals surface area contributed by atoms with Crippen LogP contribution in [-0.4, -0.2) is 29.7 Å². The van der Waals surface area contributed by atoms with Crippen LogP contribution in [0.4, 0.5) is 11.6 Å². The summed E-state index contributed by atoms with van der Waals surface area (Å²) >= 11 is 0. The highest BCUT2D eigenvalue weighted by Crippen LogP contribution is 2.36. The maximum Gasteiger partial charge on any atom is 0.204 e. The Balaban J connectivity index is 2.25. The summed E-state index contributed by atoms with van der Waals surface area (Å²) in [6.07, 6.45) is 6.45. The second-order valence-electron chi connectivity index (χ2n) is 4.75. The van der Waals surface area contributed by atoms with E-state index in [0.717, 1.165) is 5.82 Å². The monoisotopic (exact) mass is 236 g/mol. The third-order valence-corrected chi connectivity index (χ3v) is 3.37.